The summed E-state index contributed by atoms with van der Waals surface area (Å²) in [4.78, 5) is 12.4. The van der Waals surface area contributed by atoms with Crippen LogP contribution in [0.15, 0.2) is 36.4 Å². The predicted octanol–water partition coefficient (Wildman–Crippen LogP) is 2.03. The van der Waals surface area contributed by atoms with Crippen LogP contribution in [0, 0.1) is 6.92 Å². The number of benzene rings is 1. The maximum Gasteiger partial charge on any atom is 0.251 e. The molecular weight excluding hydrogens is 262 g/mol. The molecule has 0 bridgehead atoms. The monoisotopic (exact) mass is 285 g/mol. The fourth-order valence-corrected chi connectivity index (χ4v) is 2.33. The molecular formula is C17H23N3O. The van der Waals surface area contributed by atoms with Crippen molar-refractivity contribution in [3.63, 3.8) is 0 Å². The van der Waals surface area contributed by atoms with E-state index in [4.69, 9.17) is 0 Å². The first kappa shape index (κ1) is 15.3. The van der Waals surface area contributed by atoms with Crippen molar-refractivity contribution in [1.82, 2.24) is 15.2 Å². The first-order valence-electron chi connectivity index (χ1n) is 7.25. The average molecular weight is 285 g/mol. The highest BCUT2D eigenvalue weighted by molar-refractivity contribution is 5.95. The number of hydrogen-bond acceptors (Lipinski definition) is 2. The average Bonchev–Trinajstić information content (AvgIpc) is 2.82. The Morgan fingerprint density at radius 3 is 2.62 bits per heavy atom. The van der Waals surface area contributed by atoms with Gasteiger partial charge in [-0.15, -0.1) is 0 Å². The lowest BCUT2D eigenvalue weighted by atomic mass is 10.0. The minimum absolute atomic E-state index is 0.0134. The Morgan fingerprint density at radius 1 is 1.19 bits per heavy atom. The van der Waals surface area contributed by atoms with Gasteiger partial charge in [-0.3, -0.25) is 4.79 Å². The number of likely N-dealkylation sites (N-methyl/N-ethyl adjacent to an activating group) is 1. The number of aromatic nitrogens is 1. The molecule has 4 nitrogen and oxygen atoms in total. The topological polar surface area (TPSA) is 46.1 Å². The van der Waals surface area contributed by atoms with E-state index >= 15 is 0 Å². The second kappa shape index (κ2) is 7.09. The number of carbonyl (C=O) groups is 1. The third-order valence-electron chi connectivity index (χ3n) is 3.81. The zero-order valence-electron chi connectivity index (χ0n) is 12.9. The number of hydrogen-bond donors (Lipinski definition) is 2. The smallest absolute Gasteiger partial charge is 0.251 e. The summed E-state index contributed by atoms with van der Waals surface area (Å²) in [5, 5.41) is 6.12. The molecule has 0 aliphatic carbocycles. The van der Waals surface area contributed by atoms with Crippen LogP contribution in [0.25, 0.3) is 0 Å². The fraction of sp³-hybridized carbons (Fsp3) is 0.353. The van der Waals surface area contributed by atoms with E-state index in [1.807, 2.05) is 44.4 Å². The van der Waals surface area contributed by atoms with E-state index in [9.17, 15) is 4.79 Å². The number of amides is 1. The van der Waals surface area contributed by atoms with Gasteiger partial charge in [0, 0.05) is 24.0 Å². The van der Waals surface area contributed by atoms with E-state index in [0.29, 0.717) is 6.54 Å². The van der Waals surface area contributed by atoms with Gasteiger partial charge in [0.05, 0.1) is 6.54 Å². The standard InChI is InChI=1S/C17H23N3O/c1-13-8-9-15(20(13)3)12-19-17(21)16-7-5-4-6-14(16)10-11-18-2/h4-9,18H,10-12H2,1-3H3,(H,19,21). The normalized spacial score (nSPS) is 10.6. The summed E-state index contributed by atoms with van der Waals surface area (Å²) in [6.45, 7) is 3.46. The van der Waals surface area contributed by atoms with Crippen LogP contribution in [0.2, 0.25) is 0 Å². The minimum Gasteiger partial charge on any atom is -0.350 e. The highest BCUT2D eigenvalue weighted by Gasteiger charge is 2.11. The Hall–Kier alpha value is -2.07. The third-order valence-corrected chi connectivity index (χ3v) is 3.81. The van der Waals surface area contributed by atoms with Crippen LogP contribution in [0.1, 0.15) is 27.3 Å². The maximum atomic E-state index is 12.4. The van der Waals surface area contributed by atoms with Gasteiger partial charge in [0.1, 0.15) is 0 Å². The Labute approximate surface area is 126 Å². The Balaban J connectivity index is 2.05. The van der Waals surface area contributed by atoms with Gasteiger partial charge >= 0.3 is 0 Å². The molecule has 0 unspecified atom stereocenters. The van der Waals surface area contributed by atoms with Crippen LogP contribution in [-0.2, 0) is 20.0 Å². The molecule has 1 aromatic heterocycles. The highest BCUT2D eigenvalue weighted by atomic mass is 16.1. The molecule has 0 spiro atoms. The second-order valence-corrected chi connectivity index (χ2v) is 5.22. The van der Waals surface area contributed by atoms with Crippen molar-refractivity contribution in [2.24, 2.45) is 7.05 Å². The molecule has 2 aromatic rings. The van der Waals surface area contributed by atoms with Crippen LogP contribution in [0.4, 0.5) is 0 Å². The molecule has 112 valence electrons. The molecule has 0 aliphatic rings. The molecule has 0 atom stereocenters. The van der Waals surface area contributed by atoms with Gasteiger partial charge in [0.2, 0.25) is 0 Å². The van der Waals surface area contributed by atoms with Crippen molar-refractivity contribution in [1.29, 1.82) is 0 Å². The van der Waals surface area contributed by atoms with E-state index < -0.39 is 0 Å². The molecule has 2 N–H and O–H groups in total. The van der Waals surface area contributed by atoms with E-state index in [2.05, 4.69) is 28.2 Å². The maximum absolute atomic E-state index is 12.4. The Kier molecular flexibility index (Phi) is 5.17. The number of rotatable bonds is 6. The largest absolute Gasteiger partial charge is 0.350 e. The predicted molar refractivity (Wildman–Crippen MR) is 85.4 cm³/mol. The van der Waals surface area contributed by atoms with Crippen LogP contribution in [-0.4, -0.2) is 24.1 Å². The van der Waals surface area contributed by atoms with Gasteiger partial charge in [-0.25, -0.2) is 0 Å². The molecule has 1 heterocycles. The summed E-state index contributed by atoms with van der Waals surface area (Å²) >= 11 is 0. The number of nitrogens with zero attached hydrogens (tertiary/aromatic N) is 1. The van der Waals surface area contributed by atoms with Gasteiger partial charge < -0.3 is 15.2 Å². The van der Waals surface area contributed by atoms with Crippen molar-refractivity contribution in [3.8, 4) is 0 Å². The third kappa shape index (κ3) is 3.73. The van der Waals surface area contributed by atoms with E-state index in [1.165, 1.54) is 5.69 Å². The van der Waals surface area contributed by atoms with Gasteiger partial charge in [-0.05, 0) is 50.7 Å². The molecule has 21 heavy (non-hydrogen) atoms. The summed E-state index contributed by atoms with van der Waals surface area (Å²) in [7, 11) is 3.93. The van der Waals surface area contributed by atoms with Gasteiger partial charge in [0.15, 0.2) is 0 Å². The van der Waals surface area contributed by atoms with Crippen molar-refractivity contribution in [2.45, 2.75) is 19.9 Å². The molecule has 1 amide bonds. The molecule has 0 saturated heterocycles. The molecule has 0 saturated carbocycles. The number of carbonyl (C=O) groups excluding carboxylic acids is 1. The molecule has 1 aromatic carbocycles. The zero-order valence-corrected chi connectivity index (χ0v) is 12.9. The zero-order chi connectivity index (χ0) is 15.2. The number of nitrogens with one attached hydrogen (secondary N) is 2. The van der Waals surface area contributed by atoms with Crippen LogP contribution >= 0.6 is 0 Å². The molecule has 2 rings (SSSR count). The Bertz CT molecular complexity index is 616. The van der Waals surface area contributed by atoms with Crippen molar-refractivity contribution < 1.29 is 4.79 Å². The van der Waals surface area contributed by atoms with Crippen LogP contribution < -0.4 is 10.6 Å². The lowest BCUT2D eigenvalue weighted by Gasteiger charge is -2.11. The molecule has 4 heteroatoms. The van der Waals surface area contributed by atoms with Gasteiger partial charge in [-0.1, -0.05) is 18.2 Å². The second-order valence-electron chi connectivity index (χ2n) is 5.22. The Morgan fingerprint density at radius 2 is 1.95 bits per heavy atom. The molecule has 0 fully saturated rings. The lowest BCUT2D eigenvalue weighted by Crippen LogP contribution is -2.25. The van der Waals surface area contributed by atoms with Crippen LogP contribution in [0.3, 0.4) is 0 Å². The quantitative estimate of drug-likeness (QED) is 0.853. The van der Waals surface area contributed by atoms with Gasteiger partial charge in [0.25, 0.3) is 5.91 Å². The highest BCUT2D eigenvalue weighted by Crippen LogP contribution is 2.10. The summed E-state index contributed by atoms with van der Waals surface area (Å²) in [5.41, 5.74) is 4.13. The fourth-order valence-electron chi connectivity index (χ4n) is 2.33. The van der Waals surface area contributed by atoms with E-state index in [0.717, 1.165) is 29.8 Å². The number of aryl methyl sites for hydroxylation is 1. The van der Waals surface area contributed by atoms with Crippen molar-refractivity contribution in [2.75, 3.05) is 13.6 Å². The van der Waals surface area contributed by atoms with E-state index in [-0.39, 0.29) is 5.91 Å². The lowest BCUT2D eigenvalue weighted by molar-refractivity contribution is 0.0949. The first-order chi connectivity index (χ1) is 10.1. The molecule has 0 aliphatic heterocycles. The summed E-state index contributed by atoms with van der Waals surface area (Å²) in [6.07, 6.45) is 0.851. The summed E-state index contributed by atoms with van der Waals surface area (Å²) in [6, 6.07) is 11.9. The SMILES string of the molecule is CNCCc1ccccc1C(=O)NCc1ccc(C)n1C. The van der Waals surface area contributed by atoms with Crippen LogP contribution in [0.5, 0.6) is 0 Å². The summed E-state index contributed by atoms with van der Waals surface area (Å²) < 4.78 is 2.09. The minimum atomic E-state index is -0.0134. The first-order valence-corrected chi connectivity index (χ1v) is 7.25. The van der Waals surface area contributed by atoms with Gasteiger partial charge in [-0.2, -0.15) is 0 Å². The van der Waals surface area contributed by atoms with Crippen molar-refractivity contribution >= 4 is 5.91 Å². The van der Waals surface area contributed by atoms with E-state index in [1.54, 1.807) is 0 Å². The summed E-state index contributed by atoms with van der Waals surface area (Å²) in [5.74, 6) is -0.0134. The molecule has 0 radical (unpaired) electrons. The van der Waals surface area contributed by atoms with Crippen molar-refractivity contribution in [3.05, 3.63) is 58.9 Å².